The van der Waals surface area contributed by atoms with Gasteiger partial charge in [0.2, 0.25) is 0 Å². The van der Waals surface area contributed by atoms with Crippen LogP contribution in [0.4, 0.5) is 5.69 Å². The van der Waals surface area contributed by atoms with Crippen LogP contribution in [0.1, 0.15) is 85.1 Å². The molecule has 0 radical (unpaired) electrons. The van der Waals surface area contributed by atoms with Gasteiger partial charge in [-0.25, -0.2) is 4.79 Å². The molecule has 0 saturated carbocycles. The van der Waals surface area contributed by atoms with Crippen molar-refractivity contribution in [1.29, 1.82) is 0 Å². The lowest BCUT2D eigenvalue weighted by Crippen LogP contribution is -2.42. The van der Waals surface area contributed by atoms with E-state index in [0.29, 0.717) is 67.4 Å². The molecule has 0 saturated heterocycles. The first-order chi connectivity index (χ1) is 21.9. The van der Waals surface area contributed by atoms with Gasteiger partial charge in [0.1, 0.15) is 17.3 Å². The predicted molar refractivity (Wildman–Crippen MR) is 188 cm³/mol. The Morgan fingerprint density at radius 1 is 0.958 bits per heavy atom. The third-order valence-electron chi connectivity index (χ3n) is 8.92. The Balaban J connectivity index is 1.92. The number of nitrogens with zero attached hydrogens (tertiary/aromatic N) is 1. The molecule has 256 valence electrons. The molecular weight excluding hydrogens is 655 g/mol. The summed E-state index contributed by atoms with van der Waals surface area (Å²) in [7, 11) is -6.95. The molecule has 0 aliphatic carbocycles. The first-order valence-corrected chi connectivity index (χ1v) is 18.6. The Labute approximate surface area is 281 Å². The number of aryl methyl sites for hydroxylation is 1. The Hall–Kier alpha value is -3.97. The zero-order chi connectivity index (χ0) is 35.7. The lowest BCUT2D eigenvalue weighted by molar-refractivity contribution is 0.0696. The Kier molecular flexibility index (Phi) is 8.74. The predicted octanol–water partition coefficient (Wildman–Crippen LogP) is 5.36. The average molecular weight is 696 g/mol. The van der Waals surface area contributed by atoms with Crippen LogP contribution in [0, 0.1) is 12.3 Å². The van der Waals surface area contributed by atoms with Gasteiger partial charge in [0.25, 0.3) is 20.2 Å². The van der Waals surface area contributed by atoms with Crippen molar-refractivity contribution in [2.75, 3.05) is 23.5 Å². The number of carboxylic acids is 1. The van der Waals surface area contributed by atoms with Gasteiger partial charge in [-0.05, 0) is 78.8 Å². The first kappa shape index (κ1) is 35.3. The van der Waals surface area contributed by atoms with Gasteiger partial charge in [-0.3, -0.25) is 9.11 Å². The van der Waals surface area contributed by atoms with Gasteiger partial charge in [-0.15, -0.1) is 0 Å². The molecule has 3 aromatic rings. The molecule has 5 rings (SSSR count). The van der Waals surface area contributed by atoms with Crippen molar-refractivity contribution in [2.45, 2.75) is 59.4 Å². The van der Waals surface area contributed by atoms with Crippen LogP contribution in [0.5, 0.6) is 11.5 Å². The summed E-state index contributed by atoms with van der Waals surface area (Å²) in [5.41, 5.74) is 3.23. The number of carbonyl (C=O) groups is 1. The van der Waals surface area contributed by atoms with Crippen LogP contribution in [0.3, 0.4) is 0 Å². The van der Waals surface area contributed by atoms with E-state index in [1.165, 1.54) is 0 Å². The lowest BCUT2D eigenvalue weighted by Gasteiger charge is -2.41. The van der Waals surface area contributed by atoms with Crippen LogP contribution in [0.2, 0.25) is 0 Å². The fourth-order valence-corrected chi connectivity index (χ4v) is 8.21. The third-order valence-corrected chi connectivity index (χ3v) is 10.4. The van der Waals surface area contributed by atoms with E-state index in [-0.39, 0.29) is 11.0 Å². The van der Waals surface area contributed by atoms with Crippen LogP contribution in [-0.2, 0) is 20.2 Å². The smallest absolute Gasteiger partial charge is 0.336 e. The highest BCUT2D eigenvalue weighted by molar-refractivity contribution is 7.86. The Morgan fingerprint density at radius 2 is 1.62 bits per heavy atom. The summed E-state index contributed by atoms with van der Waals surface area (Å²) in [4.78, 5) is 14.6. The fraction of sp³-hybridized carbons (Fsp3) is 0.361. The van der Waals surface area contributed by atoms with E-state index in [4.69, 9.17) is 4.74 Å². The molecule has 2 heterocycles. The summed E-state index contributed by atoms with van der Waals surface area (Å²) in [6.45, 7) is 15.7. The van der Waals surface area contributed by atoms with Crippen molar-refractivity contribution in [2.24, 2.45) is 5.41 Å². The molecule has 1 atom stereocenters. The van der Waals surface area contributed by atoms with E-state index >= 15 is 0 Å². The van der Waals surface area contributed by atoms with Crippen molar-refractivity contribution < 1.29 is 40.6 Å². The average Bonchev–Trinajstić information content (AvgIpc) is 2.91. The van der Waals surface area contributed by atoms with Crippen LogP contribution in [0.15, 0.2) is 48.5 Å². The van der Waals surface area contributed by atoms with Gasteiger partial charge >= 0.3 is 5.97 Å². The SMILES string of the molecule is C=c1cc2c(cc1C(CC(C)(C)C)CS(=O)(=O)O)=C(c1ccc(C)cc1C(=O)O)c1cc3c(cc1O2)N(C)C(C)(C)C=C3CS(=O)(=O)O. The lowest BCUT2D eigenvalue weighted by atomic mass is 9.80. The molecule has 2 aliphatic rings. The maximum atomic E-state index is 12.7. The molecule has 3 aromatic carbocycles. The fourth-order valence-electron chi connectivity index (χ4n) is 6.77. The highest BCUT2D eigenvalue weighted by Crippen LogP contribution is 2.46. The molecule has 48 heavy (non-hydrogen) atoms. The normalized spacial score (nSPS) is 16.3. The van der Waals surface area contributed by atoms with Crippen molar-refractivity contribution in [3.63, 3.8) is 0 Å². The summed E-state index contributed by atoms with van der Waals surface area (Å²) in [5.74, 6) is -2.22. The molecule has 0 fully saturated rings. The van der Waals surface area contributed by atoms with Crippen molar-refractivity contribution >= 4 is 49.6 Å². The topological polar surface area (TPSA) is 159 Å². The number of ether oxygens (including phenoxy) is 1. The second kappa shape index (κ2) is 11.9. The zero-order valence-electron chi connectivity index (χ0n) is 28.1. The molecule has 10 nitrogen and oxygen atoms in total. The first-order valence-electron chi connectivity index (χ1n) is 15.4. The number of carboxylic acid groups (broad SMARTS) is 1. The number of hydrogen-bond acceptors (Lipinski definition) is 7. The summed E-state index contributed by atoms with van der Waals surface area (Å²) >= 11 is 0. The van der Waals surface area contributed by atoms with Gasteiger partial charge in [0.15, 0.2) is 0 Å². The summed E-state index contributed by atoms with van der Waals surface area (Å²) < 4.78 is 75.0. The Bertz CT molecular complexity index is 2230. The summed E-state index contributed by atoms with van der Waals surface area (Å²) in [6.07, 6.45) is 2.17. The van der Waals surface area contributed by atoms with Gasteiger partial charge in [0, 0.05) is 46.6 Å². The number of aromatic carboxylic acids is 1. The number of rotatable bonds is 8. The van der Waals surface area contributed by atoms with Crippen molar-refractivity contribution in [3.05, 3.63) is 92.4 Å². The summed E-state index contributed by atoms with van der Waals surface area (Å²) in [5, 5.41) is 11.3. The molecule has 12 heteroatoms. The van der Waals surface area contributed by atoms with Gasteiger partial charge in [-0.1, -0.05) is 51.1 Å². The highest BCUT2D eigenvalue weighted by atomic mass is 32.2. The van der Waals surface area contributed by atoms with E-state index in [0.717, 1.165) is 5.56 Å². The minimum Gasteiger partial charge on any atom is -0.478 e. The van der Waals surface area contributed by atoms with Gasteiger partial charge in [0.05, 0.1) is 16.9 Å². The third kappa shape index (κ3) is 7.21. The molecule has 2 aliphatic heterocycles. The minimum atomic E-state index is -4.42. The van der Waals surface area contributed by atoms with Crippen LogP contribution >= 0.6 is 0 Å². The zero-order valence-corrected chi connectivity index (χ0v) is 29.7. The molecule has 0 spiro atoms. The molecule has 0 bridgehead atoms. The molecule has 0 aromatic heterocycles. The highest BCUT2D eigenvalue weighted by Gasteiger charge is 2.35. The number of benzene rings is 3. The largest absolute Gasteiger partial charge is 0.478 e. The van der Waals surface area contributed by atoms with E-state index in [9.17, 15) is 35.8 Å². The van der Waals surface area contributed by atoms with E-state index in [2.05, 4.69) is 6.58 Å². The van der Waals surface area contributed by atoms with Crippen LogP contribution in [-0.4, -0.2) is 61.1 Å². The molecule has 0 amide bonds. The number of likely N-dealkylation sites (N-methyl/N-ethyl adjacent to an activating group) is 1. The molecular formula is C36H41NO9S2. The molecule has 1 unspecified atom stereocenters. The monoisotopic (exact) mass is 695 g/mol. The van der Waals surface area contributed by atoms with Crippen molar-refractivity contribution in [1.82, 2.24) is 0 Å². The summed E-state index contributed by atoms with van der Waals surface area (Å²) in [6, 6.07) is 12.0. The maximum absolute atomic E-state index is 12.7. The second-order valence-corrected chi connectivity index (χ2v) is 17.5. The van der Waals surface area contributed by atoms with Crippen molar-refractivity contribution in [3.8, 4) is 11.5 Å². The van der Waals surface area contributed by atoms with Gasteiger partial charge < -0.3 is 14.7 Å². The second-order valence-electron chi connectivity index (χ2n) is 14.6. The number of fused-ring (bicyclic) bond motifs is 3. The standard InChI is InChI=1S/C36H41NO9S2/c1-20-9-10-24(27(11-20)34(38)39)33-28-13-25(22(16-35(3,4)5)18-47(40,41)42)21(2)12-31(28)46-32-15-30-26(14-29(32)33)23(19-48(43,44)45)17-36(6,7)37(30)8/h9-15,17,22H,2,16,18-19H2,1,3-8H3,(H,38,39)(H,40,41,42)(H,43,44,45). The number of anilines is 1. The maximum Gasteiger partial charge on any atom is 0.336 e. The van der Waals surface area contributed by atoms with E-state index < -0.39 is 49.2 Å². The molecule has 3 N–H and O–H groups in total. The van der Waals surface area contributed by atoms with E-state index in [1.54, 1.807) is 55.5 Å². The Morgan fingerprint density at radius 3 is 2.21 bits per heavy atom. The number of hydrogen-bond donors (Lipinski definition) is 3. The minimum absolute atomic E-state index is 0.0258. The van der Waals surface area contributed by atoms with E-state index in [1.807, 2.05) is 46.6 Å². The van der Waals surface area contributed by atoms with Crippen LogP contribution in [0.25, 0.3) is 17.7 Å². The quantitative estimate of drug-likeness (QED) is 0.205. The van der Waals surface area contributed by atoms with Gasteiger partial charge in [-0.2, -0.15) is 16.8 Å². The van der Waals surface area contributed by atoms with Crippen LogP contribution < -0.4 is 20.1 Å².